The van der Waals surface area contributed by atoms with Crippen LogP contribution in [0.25, 0.3) is 0 Å². The van der Waals surface area contributed by atoms with Gasteiger partial charge in [0.05, 0.1) is 13.2 Å². The lowest BCUT2D eigenvalue weighted by Gasteiger charge is -2.20. The zero-order valence-electron chi connectivity index (χ0n) is 42.1. The summed E-state index contributed by atoms with van der Waals surface area (Å²) in [6.45, 7) is 2.85. The van der Waals surface area contributed by atoms with Crippen molar-refractivity contribution in [2.45, 2.75) is 289 Å². The largest absolute Gasteiger partial charge is 0.480 e. The van der Waals surface area contributed by atoms with Gasteiger partial charge < -0.3 is 25.2 Å². The second kappa shape index (κ2) is 48.7. The fourth-order valence-electron chi connectivity index (χ4n) is 8.01. The van der Waals surface area contributed by atoms with E-state index in [4.69, 9.17) is 24.8 Å². The number of carboxylic acid groups (broad SMARTS) is 1. The molecule has 0 aliphatic rings. The Morgan fingerprint density at radius 2 is 0.785 bits per heavy atom. The molecule has 0 rings (SSSR count). The van der Waals surface area contributed by atoms with Gasteiger partial charge in [0.25, 0.3) is 0 Å². The number of esters is 2. The number of hydrogen-bond donors (Lipinski definition) is 3. The highest BCUT2D eigenvalue weighted by Gasteiger charge is 2.28. The summed E-state index contributed by atoms with van der Waals surface area (Å²) in [5.74, 6) is -2.39. The summed E-state index contributed by atoms with van der Waals surface area (Å²) in [6, 6.07) is -1.52. The number of phosphoric ester groups is 1. The van der Waals surface area contributed by atoms with Gasteiger partial charge in [0, 0.05) is 12.8 Å². The van der Waals surface area contributed by atoms with Crippen molar-refractivity contribution < 1.29 is 47.5 Å². The lowest BCUT2D eigenvalue weighted by molar-refractivity contribution is -0.161. The van der Waals surface area contributed by atoms with Crippen LogP contribution in [0.2, 0.25) is 0 Å². The van der Waals surface area contributed by atoms with Gasteiger partial charge in [0.2, 0.25) is 0 Å². The molecule has 0 spiro atoms. The monoisotopic (exact) mass is 944 g/mol. The molecular formula is C53H102NO10P. The van der Waals surface area contributed by atoms with Crippen molar-refractivity contribution in [3.8, 4) is 0 Å². The van der Waals surface area contributed by atoms with Crippen LogP contribution in [0.5, 0.6) is 0 Å². The molecule has 4 N–H and O–H groups in total. The Kier molecular flexibility index (Phi) is 47.3. The molecule has 0 aromatic carbocycles. The molecule has 65 heavy (non-hydrogen) atoms. The lowest BCUT2D eigenvalue weighted by atomic mass is 10.0. The third-order valence-corrected chi connectivity index (χ3v) is 13.2. The van der Waals surface area contributed by atoms with Crippen molar-refractivity contribution in [3.63, 3.8) is 0 Å². The molecule has 12 heteroatoms. The minimum absolute atomic E-state index is 0.119. The van der Waals surface area contributed by atoms with Gasteiger partial charge in [-0.3, -0.25) is 23.4 Å². The maximum Gasteiger partial charge on any atom is 0.472 e. The van der Waals surface area contributed by atoms with Crippen LogP contribution in [0.15, 0.2) is 12.2 Å². The third-order valence-electron chi connectivity index (χ3n) is 12.3. The van der Waals surface area contributed by atoms with E-state index in [1.165, 1.54) is 199 Å². The lowest BCUT2D eigenvalue weighted by Crippen LogP contribution is -2.34. The highest BCUT2D eigenvalue weighted by atomic mass is 31.2. The number of unbranched alkanes of at least 4 members (excludes halogenated alkanes) is 36. The Morgan fingerprint density at radius 3 is 1.17 bits per heavy atom. The fourth-order valence-corrected chi connectivity index (χ4v) is 8.79. The highest BCUT2D eigenvalue weighted by Crippen LogP contribution is 2.43. The van der Waals surface area contributed by atoms with Crippen LogP contribution in [-0.4, -0.2) is 59.9 Å². The molecule has 0 radical (unpaired) electrons. The Balaban J connectivity index is 4.19. The maximum atomic E-state index is 12.7. The quantitative estimate of drug-likeness (QED) is 0.0229. The number of rotatable bonds is 52. The van der Waals surface area contributed by atoms with Crippen molar-refractivity contribution >= 4 is 25.7 Å². The van der Waals surface area contributed by atoms with Crippen molar-refractivity contribution in [3.05, 3.63) is 12.2 Å². The van der Waals surface area contributed by atoms with E-state index in [9.17, 15) is 23.8 Å². The average molecular weight is 944 g/mol. The van der Waals surface area contributed by atoms with E-state index in [0.717, 1.165) is 32.1 Å². The predicted molar refractivity (Wildman–Crippen MR) is 268 cm³/mol. The summed E-state index contributed by atoms with van der Waals surface area (Å²) in [4.78, 5) is 46.2. The minimum Gasteiger partial charge on any atom is -0.480 e. The smallest absolute Gasteiger partial charge is 0.472 e. The van der Waals surface area contributed by atoms with Gasteiger partial charge >= 0.3 is 25.7 Å². The van der Waals surface area contributed by atoms with Crippen molar-refractivity contribution in [2.75, 3.05) is 19.8 Å². The Hall–Kier alpha value is -1.78. The van der Waals surface area contributed by atoms with E-state index in [0.29, 0.717) is 19.3 Å². The molecule has 0 aliphatic carbocycles. The first-order valence-corrected chi connectivity index (χ1v) is 28.7. The van der Waals surface area contributed by atoms with Gasteiger partial charge in [0.15, 0.2) is 6.10 Å². The standard InChI is InChI=1S/C53H102NO10P/c1-3-5-7-9-11-13-15-17-19-21-23-24-25-26-27-29-31-33-35-37-39-41-43-45-52(56)64-49(47-62-65(59,60)63-48-50(54)53(57)58)46-61-51(55)44-42-40-38-36-34-32-30-28-22-20-18-16-14-12-10-8-6-4-2/h37,39,49-50H,3-36,38,40-48,54H2,1-2H3,(H,57,58)(H,59,60)/b39-37+/t49-,50+/m1/s1. The number of allylic oxidation sites excluding steroid dienone is 2. The number of aliphatic carboxylic acids is 1. The van der Waals surface area contributed by atoms with Crippen LogP contribution in [0, 0.1) is 0 Å². The zero-order chi connectivity index (χ0) is 47.7. The Bertz CT molecular complexity index is 1150. The van der Waals surface area contributed by atoms with Crippen molar-refractivity contribution in [1.82, 2.24) is 0 Å². The normalized spacial score (nSPS) is 13.5. The molecule has 0 saturated carbocycles. The number of carbonyl (C=O) groups is 3. The van der Waals surface area contributed by atoms with E-state index in [2.05, 4.69) is 30.5 Å². The van der Waals surface area contributed by atoms with Gasteiger partial charge in [0.1, 0.15) is 12.6 Å². The number of ether oxygens (including phenoxy) is 2. The molecule has 11 nitrogen and oxygen atoms in total. The van der Waals surface area contributed by atoms with Crippen molar-refractivity contribution in [2.24, 2.45) is 5.73 Å². The van der Waals surface area contributed by atoms with E-state index in [-0.39, 0.29) is 19.4 Å². The molecule has 384 valence electrons. The Labute approximate surface area is 398 Å². The SMILES string of the molecule is CCCCCCCCCCCCCCCCCCCC/C=C/CCCC(=O)O[C@H](COC(=O)CCCCCCCCCCCCCCCCCCCC)COP(=O)(O)OC[C@H](N)C(=O)O. The van der Waals surface area contributed by atoms with E-state index < -0.39 is 51.1 Å². The molecule has 0 saturated heterocycles. The number of phosphoric acid groups is 1. The van der Waals surface area contributed by atoms with Gasteiger partial charge in [-0.25, -0.2) is 4.57 Å². The highest BCUT2D eigenvalue weighted by molar-refractivity contribution is 7.47. The summed E-state index contributed by atoms with van der Waals surface area (Å²) in [5.41, 5.74) is 5.36. The van der Waals surface area contributed by atoms with Crippen LogP contribution < -0.4 is 5.73 Å². The maximum absolute atomic E-state index is 12.7. The van der Waals surface area contributed by atoms with Gasteiger partial charge in [-0.1, -0.05) is 244 Å². The van der Waals surface area contributed by atoms with Gasteiger partial charge in [-0.15, -0.1) is 0 Å². The average Bonchev–Trinajstić information content (AvgIpc) is 3.28. The molecule has 0 aliphatic heterocycles. The molecule has 0 aromatic heterocycles. The minimum atomic E-state index is -4.72. The third kappa shape index (κ3) is 48.5. The van der Waals surface area contributed by atoms with Gasteiger partial charge in [-0.05, 0) is 32.1 Å². The number of carbonyl (C=O) groups excluding carboxylic acids is 2. The van der Waals surface area contributed by atoms with Gasteiger partial charge in [-0.2, -0.15) is 0 Å². The molecule has 3 atom stereocenters. The summed E-state index contributed by atoms with van der Waals surface area (Å²) >= 11 is 0. The zero-order valence-corrected chi connectivity index (χ0v) is 43.0. The van der Waals surface area contributed by atoms with E-state index in [1.54, 1.807) is 0 Å². The summed E-state index contributed by atoms with van der Waals surface area (Å²) in [6.07, 6.45) is 52.9. The molecule has 0 aromatic rings. The van der Waals surface area contributed by atoms with Crippen molar-refractivity contribution in [1.29, 1.82) is 0 Å². The number of hydrogen-bond acceptors (Lipinski definition) is 9. The second-order valence-corrected chi connectivity index (χ2v) is 20.2. The van der Waals surface area contributed by atoms with Crippen LogP contribution in [-0.2, 0) is 37.5 Å². The van der Waals surface area contributed by atoms with Crippen LogP contribution in [0.3, 0.4) is 0 Å². The van der Waals surface area contributed by atoms with Crippen LogP contribution >= 0.6 is 7.82 Å². The molecular weight excluding hydrogens is 842 g/mol. The molecule has 1 unspecified atom stereocenters. The molecule has 0 bridgehead atoms. The molecule has 0 heterocycles. The molecule has 0 amide bonds. The summed E-state index contributed by atoms with van der Waals surface area (Å²) in [5, 5.41) is 8.93. The summed E-state index contributed by atoms with van der Waals surface area (Å²) < 4.78 is 32.9. The molecule has 0 fully saturated rings. The topological polar surface area (TPSA) is 172 Å². The predicted octanol–water partition coefficient (Wildman–Crippen LogP) is 15.6. The Morgan fingerprint density at radius 1 is 0.462 bits per heavy atom. The van der Waals surface area contributed by atoms with E-state index in [1.807, 2.05) is 0 Å². The van der Waals surface area contributed by atoms with Crippen LogP contribution in [0.1, 0.15) is 277 Å². The first kappa shape index (κ1) is 63.2. The fraction of sp³-hybridized carbons (Fsp3) is 0.906. The summed E-state index contributed by atoms with van der Waals surface area (Å²) in [7, 11) is -4.72. The first-order chi connectivity index (χ1) is 31.6. The second-order valence-electron chi connectivity index (χ2n) is 18.7. The van der Waals surface area contributed by atoms with Crippen LogP contribution in [0.4, 0.5) is 0 Å². The number of carboxylic acids is 1. The first-order valence-electron chi connectivity index (χ1n) is 27.2. The number of nitrogens with two attached hydrogens (primary N) is 1. The van der Waals surface area contributed by atoms with E-state index >= 15 is 0 Å².